The molecule has 0 aliphatic heterocycles. The molecule has 0 bridgehead atoms. The van der Waals surface area contributed by atoms with E-state index in [1.807, 2.05) is 0 Å². The quantitative estimate of drug-likeness (QED) is 0.219. The molecular weight excluding hydrogens is 221 g/mol. The number of hydrogen-bond acceptors (Lipinski definition) is 4. The molecule has 0 aromatic rings. The number of rotatable bonds is 2. The number of nitrogens with zero attached hydrogens (tertiary/aromatic N) is 1. The Hall–Kier alpha value is 1.47. The fourth-order valence-corrected chi connectivity index (χ4v) is 0.671. The van der Waals surface area contributed by atoms with Crippen molar-refractivity contribution in [3.63, 3.8) is 0 Å². The van der Waals surface area contributed by atoms with Crippen molar-refractivity contribution in [2.75, 3.05) is 27.7 Å². The van der Waals surface area contributed by atoms with Crippen molar-refractivity contribution in [2.45, 2.75) is 13.3 Å². The summed E-state index contributed by atoms with van der Waals surface area (Å²) < 4.78 is 35.2. The van der Waals surface area contributed by atoms with Crippen molar-refractivity contribution in [3.05, 3.63) is 0 Å². The van der Waals surface area contributed by atoms with E-state index < -0.39 is 10.4 Å². The van der Waals surface area contributed by atoms with Crippen molar-refractivity contribution in [1.29, 1.82) is 0 Å². The Balaban J connectivity index is -0.000000150. The minimum atomic E-state index is -5.17. The third-order valence-electron chi connectivity index (χ3n) is 0.894. The molecule has 5 nitrogen and oxygen atoms in total. The van der Waals surface area contributed by atoms with Gasteiger partial charge in [0.15, 0.2) is 0 Å². The predicted octanol–water partition coefficient (Wildman–Crippen LogP) is -3.23. The van der Waals surface area contributed by atoms with Gasteiger partial charge in [0.05, 0.1) is 27.7 Å². The Morgan fingerprint density at radius 3 is 1.38 bits per heavy atom. The first-order chi connectivity index (χ1) is 5.06. The predicted molar refractivity (Wildman–Crippen MR) is 43.7 cm³/mol. The van der Waals surface area contributed by atoms with Crippen LogP contribution in [0.5, 0.6) is 0 Å². The summed E-state index contributed by atoms with van der Waals surface area (Å²) >= 11 is 0. The van der Waals surface area contributed by atoms with Crippen LogP contribution in [0.2, 0.25) is 0 Å². The van der Waals surface area contributed by atoms with Crippen molar-refractivity contribution in [1.82, 2.24) is 0 Å². The normalized spacial score (nSPS) is 10.9. The first-order valence-corrected chi connectivity index (χ1v) is 4.86. The maximum absolute atomic E-state index is 8.52. The number of quaternary nitrogens is 1. The van der Waals surface area contributed by atoms with E-state index in [9.17, 15) is 0 Å². The van der Waals surface area contributed by atoms with Gasteiger partial charge >= 0.3 is 51.4 Å². The first-order valence-electron chi connectivity index (χ1n) is 3.53. The molecule has 0 fully saturated rings. The summed E-state index contributed by atoms with van der Waals surface area (Å²) in [6.07, 6.45) is 1.28. The van der Waals surface area contributed by atoms with Gasteiger partial charge in [-0.25, -0.2) is 0 Å². The molecule has 76 valence electrons. The molecule has 0 aromatic carbocycles. The summed E-state index contributed by atoms with van der Waals surface area (Å²) in [5, 5.41) is 0. The zero-order valence-corrected chi connectivity index (χ0v) is 12.8. The minimum Gasteiger partial charge on any atom is -0.759 e. The molecule has 0 saturated heterocycles. The second-order valence-electron chi connectivity index (χ2n) is 3.42. The maximum atomic E-state index is 8.52. The van der Waals surface area contributed by atoms with Crippen molar-refractivity contribution < 1.29 is 73.4 Å². The standard InChI is InChI=1S/C6H16N.K.H2O4S/c1-5-6-7(2,3)4;;1-5(2,3)4/h5-6H2,1-4H3;;(H2,1,2,3,4)/q2*+1;/p-2. The van der Waals surface area contributed by atoms with Gasteiger partial charge < -0.3 is 13.6 Å². The SMILES string of the molecule is CCC[N+](C)(C)C.O=S(=O)([O-])[O-].[K+]. The van der Waals surface area contributed by atoms with E-state index in [2.05, 4.69) is 28.1 Å². The molecule has 0 aromatic heterocycles. The van der Waals surface area contributed by atoms with Gasteiger partial charge in [-0.1, -0.05) is 6.92 Å². The summed E-state index contributed by atoms with van der Waals surface area (Å²) in [7, 11) is 1.47. The summed E-state index contributed by atoms with van der Waals surface area (Å²) in [5.74, 6) is 0. The van der Waals surface area contributed by atoms with E-state index in [1.165, 1.54) is 13.0 Å². The summed E-state index contributed by atoms with van der Waals surface area (Å²) in [4.78, 5) is 0. The van der Waals surface area contributed by atoms with Gasteiger partial charge in [-0.05, 0) is 6.42 Å². The van der Waals surface area contributed by atoms with Gasteiger partial charge in [0, 0.05) is 10.4 Å². The number of hydrogen-bond donors (Lipinski definition) is 0. The molecule has 0 amide bonds. The van der Waals surface area contributed by atoms with Crippen molar-refractivity contribution in [3.8, 4) is 0 Å². The van der Waals surface area contributed by atoms with Gasteiger partial charge in [-0.2, -0.15) is 0 Å². The topological polar surface area (TPSA) is 80.3 Å². The van der Waals surface area contributed by atoms with E-state index >= 15 is 0 Å². The minimum absolute atomic E-state index is 0. The molecule has 0 aliphatic rings. The smallest absolute Gasteiger partial charge is 0.759 e. The Bertz CT molecular complexity index is 189. The van der Waals surface area contributed by atoms with Gasteiger partial charge in [0.1, 0.15) is 0 Å². The van der Waals surface area contributed by atoms with Crippen LogP contribution in [0.3, 0.4) is 0 Å². The zero-order chi connectivity index (χ0) is 10.4. The second-order valence-corrected chi connectivity index (χ2v) is 4.24. The summed E-state index contributed by atoms with van der Waals surface area (Å²) in [6.45, 7) is 3.49. The molecule has 7 heteroatoms. The van der Waals surface area contributed by atoms with Gasteiger partial charge in [0.25, 0.3) is 0 Å². The van der Waals surface area contributed by atoms with Crippen molar-refractivity contribution >= 4 is 10.4 Å². The van der Waals surface area contributed by atoms with Crippen molar-refractivity contribution in [2.24, 2.45) is 0 Å². The Labute approximate surface area is 123 Å². The molecule has 0 atom stereocenters. The third kappa shape index (κ3) is 59.3. The third-order valence-corrected chi connectivity index (χ3v) is 0.894. The average Bonchev–Trinajstić information content (AvgIpc) is 1.54. The van der Waals surface area contributed by atoms with Crippen LogP contribution < -0.4 is 51.4 Å². The average molecular weight is 237 g/mol. The van der Waals surface area contributed by atoms with Gasteiger partial charge in [-0.15, -0.1) is 0 Å². The zero-order valence-electron chi connectivity index (χ0n) is 8.90. The first kappa shape index (κ1) is 20.0. The van der Waals surface area contributed by atoms with Crippen LogP contribution >= 0.6 is 0 Å². The van der Waals surface area contributed by atoms with Crippen LogP contribution in [-0.2, 0) is 10.4 Å². The van der Waals surface area contributed by atoms with E-state index in [4.69, 9.17) is 17.5 Å². The molecule has 0 radical (unpaired) electrons. The van der Waals surface area contributed by atoms with Crippen LogP contribution in [-0.4, -0.2) is 49.7 Å². The fraction of sp³-hybridized carbons (Fsp3) is 1.00. The van der Waals surface area contributed by atoms with Gasteiger partial charge in [-0.3, -0.25) is 8.42 Å². The van der Waals surface area contributed by atoms with E-state index in [1.54, 1.807) is 0 Å². The Morgan fingerprint density at radius 2 is 1.38 bits per heavy atom. The Morgan fingerprint density at radius 1 is 1.15 bits per heavy atom. The molecule has 0 aliphatic carbocycles. The molecule has 13 heavy (non-hydrogen) atoms. The molecule has 0 spiro atoms. The fourth-order valence-electron chi connectivity index (χ4n) is 0.671. The molecule has 0 heterocycles. The van der Waals surface area contributed by atoms with Crippen LogP contribution in [0.1, 0.15) is 13.3 Å². The van der Waals surface area contributed by atoms with Crippen LogP contribution in [0, 0.1) is 0 Å². The monoisotopic (exact) mass is 237 g/mol. The molecule has 0 N–H and O–H groups in total. The second kappa shape index (κ2) is 8.75. The van der Waals surface area contributed by atoms with Crippen LogP contribution in [0.4, 0.5) is 0 Å². The maximum Gasteiger partial charge on any atom is 1.00 e. The van der Waals surface area contributed by atoms with E-state index in [-0.39, 0.29) is 51.4 Å². The van der Waals surface area contributed by atoms with Crippen LogP contribution in [0.25, 0.3) is 0 Å². The molecular formula is C6H16KNO4S. The summed E-state index contributed by atoms with van der Waals surface area (Å²) in [5.41, 5.74) is 0. The van der Waals surface area contributed by atoms with Crippen LogP contribution in [0.15, 0.2) is 0 Å². The van der Waals surface area contributed by atoms with E-state index in [0.717, 1.165) is 4.48 Å². The summed E-state index contributed by atoms with van der Waals surface area (Å²) in [6, 6.07) is 0. The van der Waals surface area contributed by atoms with E-state index in [0.29, 0.717) is 0 Å². The molecule has 0 saturated carbocycles. The largest absolute Gasteiger partial charge is 1.00 e. The van der Waals surface area contributed by atoms with Gasteiger partial charge in [0.2, 0.25) is 0 Å². The molecule has 0 rings (SSSR count). The molecule has 0 unspecified atom stereocenters. The Kier molecular flexibility index (Phi) is 13.4.